The van der Waals surface area contributed by atoms with Crippen molar-refractivity contribution in [3.8, 4) is 5.75 Å². The van der Waals surface area contributed by atoms with Gasteiger partial charge in [-0.3, -0.25) is 0 Å². The van der Waals surface area contributed by atoms with Crippen LogP contribution < -0.4 is 9.46 Å². The molecular weight excluding hydrogens is 314 g/mol. The van der Waals surface area contributed by atoms with Crippen molar-refractivity contribution in [2.75, 3.05) is 7.11 Å². The van der Waals surface area contributed by atoms with E-state index in [1.165, 1.54) is 7.11 Å². The maximum Gasteiger partial charge on any atom is 0.244 e. The number of sulfonamides is 1. The Kier molecular flexibility index (Phi) is 4.61. The molecule has 21 heavy (non-hydrogen) atoms. The van der Waals surface area contributed by atoms with E-state index < -0.39 is 10.0 Å². The van der Waals surface area contributed by atoms with E-state index in [0.717, 1.165) is 11.1 Å². The Bertz CT molecular complexity index is 752. The topological polar surface area (TPSA) is 68.5 Å². The first-order valence-corrected chi connectivity index (χ1v) is 8.08. The molecule has 0 spiro atoms. The minimum absolute atomic E-state index is 0.0190. The van der Waals surface area contributed by atoms with Crippen molar-refractivity contribution in [1.29, 1.82) is 0 Å². The van der Waals surface area contributed by atoms with Gasteiger partial charge < -0.3 is 9.15 Å². The summed E-state index contributed by atoms with van der Waals surface area (Å²) in [6.45, 7) is 3.76. The normalized spacial score (nSPS) is 11.6. The Morgan fingerprint density at radius 2 is 1.90 bits per heavy atom. The van der Waals surface area contributed by atoms with Crippen LogP contribution in [0.4, 0.5) is 0 Å². The molecule has 2 rings (SSSR count). The van der Waals surface area contributed by atoms with Gasteiger partial charge in [-0.1, -0.05) is 0 Å². The van der Waals surface area contributed by atoms with Gasteiger partial charge in [0.25, 0.3) is 0 Å². The summed E-state index contributed by atoms with van der Waals surface area (Å²) in [6, 6.07) is 6.46. The van der Waals surface area contributed by atoms with Crippen LogP contribution in [0, 0.1) is 13.8 Å². The van der Waals surface area contributed by atoms with Gasteiger partial charge in [-0.15, -0.1) is 0 Å². The van der Waals surface area contributed by atoms with Gasteiger partial charge in [-0.25, -0.2) is 13.1 Å². The average Bonchev–Trinajstić information content (AvgIpc) is 2.85. The molecule has 114 valence electrons. The Morgan fingerprint density at radius 3 is 2.48 bits per heavy atom. The molecule has 0 radical (unpaired) electrons. The second kappa shape index (κ2) is 6.09. The molecule has 0 bridgehead atoms. The third kappa shape index (κ3) is 3.58. The van der Waals surface area contributed by atoms with Gasteiger partial charge in [-0.05, 0) is 60.8 Å². The average molecular weight is 330 g/mol. The predicted molar refractivity (Wildman–Crippen MR) is 80.2 cm³/mol. The van der Waals surface area contributed by atoms with Gasteiger partial charge in [0.1, 0.15) is 16.4 Å². The number of nitrogens with one attached hydrogen (secondary N) is 1. The first-order valence-electron chi connectivity index (χ1n) is 6.22. The van der Waals surface area contributed by atoms with Crippen LogP contribution in [-0.4, -0.2) is 15.5 Å². The first-order chi connectivity index (χ1) is 9.83. The van der Waals surface area contributed by atoms with Crippen LogP contribution in [0.3, 0.4) is 0 Å². The molecule has 1 N–H and O–H groups in total. The molecule has 1 aromatic heterocycles. The van der Waals surface area contributed by atoms with Gasteiger partial charge in [0.2, 0.25) is 10.0 Å². The number of furan rings is 1. The zero-order valence-corrected chi connectivity index (χ0v) is 13.5. The van der Waals surface area contributed by atoms with Gasteiger partial charge in [-0.2, -0.15) is 0 Å². The molecule has 0 aliphatic rings. The molecule has 0 amide bonds. The lowest BCUT2D eigenvalue weighted by molar-refractivity contribution is 0.401. The first kappa shape index (κ1) is 15.9. The highest BCUT2D eigenvalue weighted by Crippen LogP contribution is 2.27. The van der Waals surface area contributed by atoms with Crippen LogP contribution in [-0.2, 0) is 16.6 Å². The number of methoxy groups -OCH3 is 1. The van der Waals surface area contributed by atoms with Crippen molar-refractivity contribution in [2.45, 2.75) is 25.3 Å². The Morgan fingerprint density at radius 1 is 1.24 bits per heavy atom. The van der Waals surface area contributed by atoms with E-state index in [-0.39, 0.29) is 16.7 Å². The molecular formula is C14H16ClNO4S. The summed E-state index contributed by atoms with van der Waals surface area (Å²) in [6.07, 6.45) is 0. The van der Waals surface area contributed by atoms with Crippen LogP contribution in [0.25, 0.3) is 0 Å². The summed E-state index contributed by atoms with van der Waals surface area (Å²) in [5.41, 5.74) is 1.83. The quantitative estimate of drug-likeness (QED) is 0.915. The SMILES string of the molecule is COc1cc(C)c(C)cc1S(=O)(=O)NCc1ccc(Cl)o1. The van der Waals surface area contributed by atoms with Crippen LogP contribution >= 0.6 is 11.6 Å². The largest absolute Gasteiger partial charge is 0.495 e. The van der Waals surface area contributed by atoms with Crippen LogP contribution in [0.5, 0.6) is 5.75 Å². The molecule has 7 heteroatoms. The molecule has 0 fully saturated rings. The number of aryl methyl sites for hydroxylation is 2. The summed E-state index contributed by atoms with van der Waals surface area (Å²) in [7, 11) is -2.27. The smallest absolute Gasteiger partial charge is 0.244 e. The molecule has 0 aliphatic carbocycles. The fraction of sp³-hybridized carbons (Fsp3) is 0.286. The molecule has 1 heterocycles. The Hall–Kier alpha value is -1.50. The zero-order chi connectivity index (χ0) is 15.6. The van der Waals surface area contributed by atoms with Crippen molar-refractivity contribution in [3.05, 3.63) is 46.4 Å². The fourth-order valence-electron chi connectivity index (χ4n) is 1.82. The summed E-state index contributed by atoms with van der Waals surface area (Å²) >= 11 is 5.65. The third-order valence-corrected chi connectivity index (χ3v) is 4.76. The lowest BCUT2D eigenvalue weighted by Gasteiger charge is -2.12. The minimum atomic E-state index is -3.71. The van der Waals surface area contributed by atoms with Crippen LogP contribution in [0.15, 0.2) is 33.6 Å². The van der Waals surface area contributed by atoms with Gasteiger partial charge in [0.05, 0.1) is 13.7 Å². The minimum Gasteiger partial charge on any atom is -0.495 e. The number of rotatable bonds is 5. The van der Waals surface area contributed by atoms with E-state index in [1.807, 2.05) is 13.8 Å². The lowest BCUT2D eigenvalue weighted by atomic mass is 10.1. The van der Waals surface area contributed by atoms with E-state index in [4.69, 9.17) is 20.8 Å². The Balaban J connectivity index is 2.28. The predicted octanol–water partition coefficient (Wildman–Crippen LogP) is 3.04. The molecule has 0 saturated carbocycles. The highest BCUT2D eigenvalue weighted by molar-refractivity contribution is 7.89. The fourth-order valence-corrected chi connectivity index (χ4v) is 3.21. The number of benzene rings is 1. The molecule has 1 aromatic carbocycles. The third-order valence-electron chi connectivity index (χ3n) is 3.13. The number of halogens is 1. The molecule has 0 unspecified atom stereocenters. The number of ether oxygens (including phenoxy) is 1. The van der Waals surface area contributed by atoms with Crippen molar-refractivity contribution >= 4 is 21.6 Å². The highest BCUT2D eigenvalue weighted by Gasteiger charge is 2.20. The zero-order valence-electron chi connectivity index (χ0n) is 11.9. The van der Waals surface area contributed by atoms with Crippen molar-refractivity contribution in [1.82, 2.24) is 4.72 Å². The van der Waals surface area contributed by atoms with Gasteiger partial charge in [0, 0.05) is 0 Å². The van der Waals surface area contributed by atoms with E-state index >= 15 is 0 Å². The molecule has 5 nitrogen and oxygen atoms in total. The molecule has 0 atom stereocenters. The monoisotopic (exact) mass is 329 g/mol. The Labute approximate surface area is 128 Å². The maximum atomic E-state index is 12.4. The highest BCUT2D eigenvalue weighted by atomic mass is 35.5. The van der Waals surface area contributed by atoms with E-state index in [1.54, 1.807) is 24.3 Å². The molecule has 2 aromatic rings. The van der Waals surface area contributed by atoms with E-state index in [2.05, 4.69) is 4.72 Å². The van der Waals surface area contributed by atoms with Crippen LogP contribution in [0.1, 0.15) is 16.9 Å². The molecule has 0 saturated heterocycles. The summed E-state index contributed by atoms with van der Waals surface area (Å²) in [4.78, 5) is 0.103. The number of hydrogen-bond acceptors (Lipinski definition) is 4. The van der Waals surface area contributed by atoms with Gasteiger partial charge in [0.15, 0.2) is 5.22 Å². The maximum absolute atomic E-state index is 12.4. The second-order valence-electron chi connectivity index (χ2n) is 4.62. The van der Waals surface area contributed by atoms with Crippen LogP contribution in [0.2, 0.25) is 5.22 Å². The standard InChI is InChI=1S/C14H16ClNO4S/c1-9-6-12(19-3)13(7-10(9)2)21(17,18)16-8-11-4-5-14(15)20-11/h4-7,16H,8H2,1-3H3. The summed E-state index contributed by atoms with van der Waals surface area (Å²) in [5.74, 6) is 0.745. The molecule has 0 aliphatic heterocycles. The lowest BCUT2D eigenvalue weighted by Crippen LogP contribution is -2.23. The van der Waals surface area contributed by atoms with Crippen molar-refractivity contribution < 1.29 is 17.6 Å². The number of hydrogen-bond donors (Lipinski definition) is 1. The summed E-state index contributed by atoms with van der Waals surface area (Å²) in [5, 5.41) is 0.216. The summed E-state index contributed by atoms with van der Waals surface area (Å²) < 4.78 is 37.5. The van der Waals surface area contributed by atoms with Gasteiger partial charge >= 0.3 is 0 Å². The van der Waals surface area contributed by atoms with Crippen molar-refractivity contribution in [2.24, 2.45) is 0 Å². The van der Waals surface area contributed by atoms with Crippen molar-refractivity contribution in [3.63, 3.8) is 0 Å². The van der Waals surface area contributed by atoms with E-state index in [0.29, 0.717) is 11.5 Å². The second-order valence-corrected chi connectivity index (χ2v) is 6.73. The van der Waals surface area contributed by atoms with E-state index in [9.17, 15) is 8.42 Å².